The van der Waals surface area contributed by atoms with Gasteiger partial charge in [-0.05, 0) is 18.6 Å². The Hall–Kier alpha value is -2.37. The smallest absolute Gasteiger partial charge is 0.254 e. The van der Waals surface area contributed by atoms with E-state index in [1.165, 1.54) is 0 Å². The molecule has 1 aliphatic heterocycles. The number of benzene rings is 1. The maximum Gasteiger partial charge on any atom is 0.254 e. The van der Waals surface area contributed by atoms with Crippen molar-refractivity contribution >= 4 is 23.4 Å². The molecule has 0 saturated heterocycles. The number of hydrogen-bond donors (Lipinski definition) is 3. The lowest BCUT2D eigenvalue weighted by molar-refractivity contribution is -0.125. The third kappa shape index (κ3) is 3.81. The fraction of sp³-hybridized carbons (Fsp3) is 0.400. The fourth-order valence-corrected chi connectivity index (χ4v) is 2.12. The molecule has 1 heterocycles. The van der Waals surface area contributed by atoms with Crippen molar-refractivity contribution in [2.24, 2.45) is 0 Å². The summed E-state index contributed by atoms with van der Waals surface area (Å²) in [5, 5.41) is 8.01. The van der Waals surface area contributed by atoms with E-state index in [1.54, 1.807) is 24.3 Å². The summed E-state index contributed by atoms with van der Waals surface area (Å²) >= 11 is 0. The van der Waals surface area contributed by atoms with Crippen LogP contribution in [0.15, 0.2) is 24.3 Å². The summed E-state index contributed by atoms with van der Waals surface area (Å²) < 4.78 is 0. The van der Waals surface area contributed by atoms with E-state index in [2.05, 4.69) is 16.0 Å². The minimum absolute atomic E-state index is 0.0602. The van der Waals surface area contributed by atoms with E-state index in [1.807, 2.05) is 6.92 Å². The number of anilines is 1. The van der Waals surface area contributed by atoms with Gasteiger partial charge in [0.1, 0.15) is 6.04 Å². The SMILES string of the molecule is CCCCNC(=O)C[C@H]1NC(=O)c2ccccc2NC1=O. The lowest BCUT2D eigenvalue weighted by Gasteiger charge is -2.14. The molecule has 6 nitrogen and oxygen atoms in total. The summed E-state index contributed by atoms with van der Waals surface area (Å²) in [6.07, 6.45) is 1.81. The van der Waals surface area contributed by atoms with Crippen LogP contribution in [-0.4, -0.2) is 30.3 Å². The van der Waals surface area contributed by atoms with Gasteiger partial charge in [-0.3, -0.25) is 14.4 Å². The Morgan fingerprint density at radius 1 is 1.29 bits per heavy atom. The first kappa shape index (κ1) is 15.0. The highest BCUT2D eigenvalue weighted by Gasteiger charge is 2.29. The molecule has 0 fully saturated rings. The van der Waals surface area contributed by atoms with Gasteiger partial charge in [-0.2, -0.15) is 0 Å². The maximum absolute atomic E-state index is 12.1. The number of para-hydroxylation sites is 1. The Morgan fingerprint density at radius 2 is 2.05 bits per heavy atom. The van der Waals surface area contributed by atoms with Crippen molar-refractivity contribution in [1.82, 2.24) is 10.6 Å². The number of nitrogens with one attached hydrogen (secondary N) is 3. The number of rotatable bonds is 5. The first-order chi connectivity index (χ1) is 10.1. The standard InChI is InChI=1S/C15H19N3O3/c1-2-3-8-16-13(19)9-12-15(21)17-11-7-5-4-6-10(11)14(20)18-12/h4-7,12H,2-3,8-9H2,1H3,(H,16,19)(H,17,21)(H,18,20)/t12-/m1/s1. The lowest BCUT2D eigenvalue weighted by Crippen LogP contribution is -2.44. The quantitative estimate of drug-likeness (QED) is 0.708. The van der Waals surface area contributed by atoms with Crippen LogP contribution in [0.2, 0.25) is 0 Å². The molecule has 0 unspecified atom stereocenters. The van der Waals surface area contributed by atoms with E-state index in [4.69, 9.17) is 0 Å². The second kappa shape index (κ2) is 6.88. The average molecular weight is 289 g/mol. The molecule has 1 aromatic carbocycles. The van der Waals surface area contributed by atoms with Crippen LogP contribution < -0.4 is 16.0 Å². The van der Waals surface area contributed by atoms with Crippen LogP contribution in [0, 0.1) is 0 Å². The van der Waals surface area contributed by atoms with Gasteiger partial charge in [0, 0.05) is 6.54 Å². The van der Waals surface area contributed by atoms with E-state index in [-0.39, 0.29) is 24.1 Å². The number of carbonyl (C=O) groups is 3. The Balaban J connectivity index is 2.02. The first-order valence-corrected chi connectivity index (χ1v) is 7.09. The maximum atomic E-state index is 12.1. The first-order valence-electron chi connectivity index (χ1n) is 7.09. The van der Waals surface area contributed by atoms with Crippen LogP contribution in [0.5, 0.6) is 0 Å². The van der Waals surface area contributed by atoms with Gasteiger partial charge in [-0.1, -0.05) is 25.5 Å². The monoisotopic (exact) mass is 289 g/mol. The number of carbonyl (C=O) groups excluding carboxylic acids is 3. The third-order valence-corrected chi connectivity index (χ3v) is 3.29. The molecule has 1 atom stereocenters. The highest BCUT2D eigenvalue weighted by Crippen LogP contribution is 2.18. The molecule has 0 spiro atoms. The second-order valence-corrected chi connectivity index (χ2v) is 4.97. The fourth-order valence-electron chi connectivity index (χ4n) is 2.12. The summed E-state index contributed by atoms with van der Waals surface area (Å²) in [5.74, 6) is -0.968. The van der Waals surface area contributed by atoms with E-state index >= 15 is 0 Å². The minimum atomic E-state index is -0.855. The summed E-state index contributed by atoms with van der Waals surface area (Å²) in [6.45, 7) is 2.61. The van der Waals surface area contributed by atoms with E-state index in [0.717, 1.165) is 12.8 Å². The van der Waals surface area contributed by atoms with Crippen molar-refractivity contribution in [2.45, 2.75) is 32.2 Å². The summed E-state index contributed by atoms with van der Waals surface area (Å²) in [7, 11) is 0. The molecule has 1 aromatic rings. The Kier molecular flexibility index (Phi) is 4.92. The Morgan fingerprint density at radius 3 is 2.81 bits per heavy atom. The van der Waals surface area contributed by atoms with Crippen molar-refractivity contribution in [3.05, 3.63) is 29.8 Å². The molecule has 0 aliphatic carbocycles. The Labute approximate surface area is 123 Å². The zero-order valence-electron chi connectivity index (χ0n) is 11.9. The molecule has 0 bridgehead atoms. The molecule has 2 rings (SSSR count). The molecule has 1 aliphatic rings. The molecule has 3 N–H and O–H groups in total. The van der Waals surface area contributed by atoms with E-state index < -0.39 is 6.04 Å². The van der Waals surface area contributed by atoms with Crippen molar-refractivity contribution < 1.29 is 14.4 Å². The minimum Gasteiger partial charge on any atom is -0.356 e. The largest absolute Gasteiger partial charge is 0.356 e. The topological polar surface area (TPSA) is 87.3 Å². The zero-order chi connectivity index (χ0) is 15.2. The molecular weight excluding hydrogens is 270 g/mol. The molecule has 6 heteroatoms. The molecule has 0 radical (unpaired) electrons. The molecule has 0 saturated carbocycles. The zero-order valence-corrected chi connectivity index (χ0v) is 11.9. The van der Waals surface area contributed by atoms with Gasteiger partial charge in [0.25, 0.3) is 5.91 Å². The van der Waals surface area contributed by atoms with Gasteiger partial charge < -0.3 is 16.0 Å². The van der Waals surface area contributed by atoms with Gasteiger partial charge in [0.05, 0.1) is 17.7 Å². The molecular formula is C15H19N3O3. The number of unbranched alkanes of at least 4 members (excludes halogenated alkanes) is 1. The summed E-state index contributed by atoms with van der Waals surface area (Å²) in [6, 6.07) is 5.91. The van der Waals surface area contributed by atoms with Gasteiger partial charge in [0.15, 0.2) is 0 Å². The predicted octanol–water partition coefficient (Wildman–Crippen LogP) is 1.04. The Bertz CT molecular complexity index is 557. The van der Waals surface area contributed by atoms with Crippen molar-refractivity contribution in [3.8, 4) is 0 Å². The number of fused-ring (bicyclic) bond motifs is 1. The normalized spacial score (nSPS) is 17.3. The molecule has 112 valence electrons. The lowest BCUT2D eigenvalue weighted by atomic mass is 10.1. The van der Waals surface area contributed by atoms with E-state index in [0.29, 0.717) is 17.8 Å². The van der Waals surface area contributed by atoms with E-state index in [9.17, 15) is 14.4 Å². The van der Waals surface area contributed by atoms with Crippen LogP contribution in [0.3, 0.4) is 0 Å². The highest BCUT2D eigenvalue weighted by molar-refractivity contribution is 6.10. The molecule has 21 heavy (non-hydrogen) atoms. The van der Waals surface area contributed by atoms with Crippen LogP contribution in [0.4, 0.5) is 5.69 Å². The van der Waals surface area contributed by atoms with Gasteiger partial charge in [-0.25, -0.2) is 0 Å². The van der Waals surface area contributed by atoms with Crippen molar-refractivity contribution in [3.63, 3.8) is 0 Å². The van der Waals surface area contributed by atoms with Crippen molar-refractivity contribution in [1.29, 1.82) is 0 Å². The van der Waals surface area contributed by atoms with Crippen molar-refractivity contribution in [2.75, 3.05) is 11.9 Å². The number of amides is 3. The van der Waals surface area contributed by atoms with Crippen LogP contribution in [-0.2, 0) is 9.59 Å². The average Bonchev–Trinajstić information content (AvgIpc) is 2.57. The van der Waals surface area contributed by atoms with Crippen LogP contribution >= 0.6 is 0 Å². The second-order valence-electron chi connectivity index (χ2n) is 4.97. The van der Waals surface area contributed by atoms with Gasteiger partial charge in [-0.15, -0.1) is 0 Å². The van der Waals surface area contributed by atoms with Crippen LogP contribution in [0.1, 0.15) is 36.5 Å². The van der Waals surface area contributed by atoms with Gasteiger partial charge >= 0.3 is 0 Å². The molecule has 0 aromatic heterocycles. The number of hydrogen-bond acceptors (Lipinski definition) is 3. The predicted molar refractivity (Wildman–Crippen MR) is 78.9 cm³/mol. The molecule has 3 amide bonds. The summed E-state index contributed by atoms with van der Waals surface area (Å²) in [4.78, 5) is 35.9. The summed E-state index contributed by atoms with van der Waals surface area (Å²) in [5.41, 5.74) is 0.869. The van der Waals surface area contributed by atoms with Crippen LogP contribution in [0.25, 0.3) is 0 Å². The highest BCUT2D eigenvalue weighted by atomic mass is 16.2. The van der Waals surface area contributed by atoms with Gasteiger partial charge in [0.2, 0.25) is 11.8 Å². The third-order valence-electron chi connectivity index (χ3n) is 3.29.